The van der Waals surface area contributed by atoms with Crippen molar-refractivity contribution in [1.29, 1.82) is 0 Å². The molecule has 0 bridgehead atoms. The quantitative estimate of drug-likeness (QED) is 0.709. The Labute approximate surface area is 96.1 Å². The number of aliphatic carboxylic acids is 1. The van der Waals surface area contributed by atoms with Gasteiger partial charge in [-0.05, 0) is 12.5 Å². The van der Waals surface area contributed by atoms with Crippen LogP contribution in [-0.2, 0) is 4.79 Å². The zero-order valence-electron chi connectivity index (χ0n) is 8.92. The van der Waals surface area contributed by atoms with Crippen LogP contribution in [0.4, 0.5) is 0 Å². The molecule has 1 aromatic rings. The van der Waals surface area contributed by atoms with Crippen LogP contribution in [0.2, 0.25) is 0 Å². The highest BCUT2D eigenvalue weighted by atomic mass is 16.4. The minimum absolute atomic E-state index is 0.121. The smallest absolute Gasteiger partial charge is 0.308 e. The molecule has 7 nitrogen and oxygen atoms in total. The Kier molecular flexibility index (Phi) is 2.90. The predicted octanol–water partition coefficient (Wildman–Crippen LogP) is -0.683. The number of hydrogen-bond donors (Lipinski definition) is 2. The summed E-state index contributed by atoms with van der Waals surface area (Å²) in [6, 6.07) is 2.54. The van der Waals surface area contributed by atoms with Crippen molar-refractivity contribution in [3.8, 4) is 0 Å². The van der Waals surface area contributed by atoms with Gasteiger partial charge in [0.05, 0.1) is 5.92 Å². The van der Waals surface area contributed by atoms with Crippen molar-refractivity contribution in [1.82, 2.24) is 15.1 Å². The number of carbonyl (C=O) groups is 2. The molecule has 90 valence electrons. The van der Waals surface area contributed by atoms with E-state index in [2.05, 4.69) is 10.2 Å². The van der Waals surface area contributed by atoms with Crippen LogP contribution in [0.15, 0.2) is 16.9 Å². The number of hydrogen-bond acceptors (Lipinski definition) is 4. The maximum absolute atomic E-state index is 11.9. The highest BCUT2D eigenvalue weighted by molar-refractivity contribution is 5.92. The number of carboxylic acids is 1. The van der Waals surface area contributed by atoms with E-state index in [9.17, 15) is 14.4 Å². The fourth-order valence-electron chi connectivity index (χ4n) is 1.77. The van der Waals surface area contributed by atoms with Crippen molar-refractivity contribution in [2.45, 2.75) is 6.42 Å². The first-order valence-corrected chi connectivity index (χ1v) is 5.16. The Morgan fingerprint density at radius 1 is 1.47 bits per heavy atom. The van der Waals surface area contributed by atoms with Crippen LogP contribution >= 0.6 is 0 Å². The first-order valence-electron chi connectivity index (χ1n) is 5.16. The van der Waals surface area contributed by atoms with Crippen LogP contribution in [0.3, 0.4) is 0 Å². The third-order valence-corrected chi connectivity index (χ3v) is 2.72. The van der Waals surface area contributed by atoms with Gasteiger partial charge in [0.15, 0.2) is 0 Å². The van der Waals surface area contributed by atoms with Crippen molar-refractivity contribution in [3.63, 3.8) is 0 Å². The standard InChI is InChI=1S/C10H11N3O4/c14-8-2-1-7(11-12-8)9(15)13-4-3-6(5-13)10(16)17/h1-2,6H,3-5H2,(H,12,14)(H,16,17). The van der Waals surface area contributed by atoms with Crippen molar-refractivity contribution >= 4 is 11.9 Å². The maximum Gasteiger partial charge on any atom is 0.308 e. The number of nitrogens with zero attached hydrogens (tertiary/aromatic N) is 2. The van der Waals surface area contributed by atoms with Gasteiger partial charge in [0, 0.05) is 19.2 Å². The summed E-state index contributed by atoms with van der Waals surface area (Å²) < 4.78 is 0. The van der Waals surface area contributed by atoms with Gasteiger partial charge in [-0.1, -0.05) is 0 Å². The summed E-state index contributed by atoms with van der Waals surface area (Å²) in [5, 5.41) is 14.6. The Balaban J connectivity index is 2.09. The number of rotatable bonds is 2. The van der Waals surface area contributed by atoms with Crippen LogP contribution in [0, 0.1) is 5.92 Å². The van der Waals surface area contributed by atoms with E-state index in [0.29, 0.717) is 13.0 Å². The molecule has 1 aromatic heterocycles. The molecule has 0 aromatic carbocycles. The van der Waals surface area contributed by atoms with Gasteiger partial charge in [0.25, 0.3) is 11.5 Å². The van der Waals surface area contributed by atoms with Crippen molar-refractivity contribution < 1.29 is 14.7 Å². The topological polar surface area (TPSA) is 103 Å². The number of carboxylic acid groups (broad SMARTS) is 1. The van der Waals surface area contributed by atoms with Crippen LogP contribution in [0.1, 0.15) is 16.9 Å². The van der Waals surface area contributed by atoms with E-state index < -0.39 is 11.9 Å². The maximum atomic E-state index is 11.9. The van der Waals surface area contributed by atoms with E-state index in [0.717, 1.165) is 0 Å². The third kappa shape index (κ3) is 2.32. The summed E-state index contributed by atoms with van der Waals surface area (Å²) in [4.78, 5) is 34.8. The monoisotopic (exact) mass is 237 g/mol. The normalized spacial score (nSPS) is 19.3. The second kappa shape index (κ2) is 4.36. The molecule has 0 saturated carbocycles. The van der Waals surface area contributed by atoms with E-state index in [4.69, 9.17) is 5.11 Å². The fraction of sp³-hybridized carbons (Fsp3) is 0.400. The minimum atomic E-state index is -0.894. The molecule has 2 heterocycles. The van der Waals surface area contributed by atoms with Crippen LogP contribution < -0.4 is 5.56 Å². The van der Waals surface area contributed by atoms with Crippen LogP contribution in [0.25, 0.3) is 0 Å². The summed E-state index contributed by atoms with van der Waals surface area (Å²) in [6.07, 6.45) is 0.449. The van der Waals surface area contributed by atoms with Crippen molar-refractivity contribution in [2.75, 3.05) is 13.1 Å². The zero-order valence-corrected chi connectivity index (χ0v) is 8.92. The SMILES string of the molecule is O=C(O)C1CCN(C(=O)c2ccc(=O)[nH]n2)C1. The predicted molar refractivity (Wildman–Crippen MR) is 56.5 cm³/mol. The van der Waals surface area contributed by atoms with Gasteiger partial charge >= 0.3 is 5.97 Å². The molecule has 1 aliphatic heterocycles. The van der Waals surface area contributed by atoms with Crippen LogP contribution in [0.5, 0.6) is 0 Å². The van der Waals surface area contributed by atoms with E-state index in [1.165, 1.54) is 17.0 Å². The molecule has 1 saturated heterocycles. The molecule has 1 atom stereocenters. The van der Waals surface area contributed by atoms with E-state index in [1.54, 1.807) is 0 Å². The van der Waals surface area contributed by atoms with Gasteiger partial charge < -0.3 is 10.0 Å². The molecule has 0 aliphatic carbocycles. The lowest BCUT2D eigenvalue weighted by Gasteiger charge is -2.14. The number of aromatic nitrogens is 2. The van der Waals surface area contributed by atoms with Gasteiger partial charge in [0.2, 0.25) is 0 Å². The molecule has 17 heavy (non-hydrogen) atoms. The van der Waals surface area contributed by atoms with Gasteiger partial charge in [-0.2, -0.15) is 5.10 Å². The molecule has 1 aliphatic rings. The lowest BCUT2D eigenvalue weighted by atomic mass is 10.1. The summed E-state index contributed by atoms with van der Waals surface area (Å²) in [5.74, 6) is -1.76. The summed E-state index contributed by atoms with van der Waals surface area (Å²) in [5.41, 5.74) is -0.262. The van der Waals surface area contributed by atoms with Gasteiger partial charge in [-0.3, -0.25) is 14.4 Å². The first kappa shape index (κ1) is 11.3. The molecule has 2 N–H and O–H groups in total. The molecule has 1 fully saturated rings. The van der Waals surface area contributed by atoms with Gasteiger partial charge in [-0.15, -0.1) is 0 Å². The molecule has 7 heteroatoms. The van der Waals surface area contributed by atoms with Crippen molar-refractivity contribution in [3.05, 3.63) is 28.2 Å². The summed E-state index contributed by atoms with van der Waals surface area (Å²) in [6.45, 7) is 0.589. The molecule has 1 unspecified atom stereocenters. The fourth-order valence-corrected chi connectivity index (χ4v) is 1.77. The number of amides is 1. The Morgan fingerprint density at radius 2 is 2.24 bits per heavy atom. The highest BCUT2D eigenvalue weighted by Crippen LogP contribution is 2.17. The number of H-pyrrole nitrogens is 1. The van der Waals surface area contributed by atoms with E-state index in [1.807, 2.05) is 0 Å². The van der Waals surface area contributed by atoms with Crippen molar-refractivity contribution in [2.24, 2.45) is 5.92 Å². The third-order valence-electron chi connectivity index (χ3n) is 2.72. The van der Waals surface area contributed by atoms with Gasteiger partial charge in [-0.25, -0.2) is 5.10 Å². The second-order valence-electron chi connectivity index (χ2n) is 3.88. The average Bonchev–Trinajstić information content (AvgIpc) is 2.78. The Morgan fingerprint density at radius 3 is 2.76 bits per heavy atom. The van der Waals surface area contributed by atoms with E-state index >= 15 is 0 Å². The Bertz CT molecular complexity index is 490. The first-order chi connectivity index (χ1) is 8.08. The molecule has 1 amide bonds. The molecular formula is C10H11N3O4. The summed E-state index contributed by atoms with van der Waals surface area (Å²) in [7, 11) is 0. The number of likely N-dealkylation sites (tertiary alicyclic amines) is 1. The molecule has 2 rings (SSSR count). The highest BCUT2D eigenvalue weighted by Gasteiger charge is 2.31. The lowest BCUT2D eigenvalue weighted by Crippen LogP contribution is -2.31. The van der Waals surface area contributed by atoms with Gasteiger partial charge in [0.1, 0.15) is 5.69 Å². The Hall–Kier alpha value is -2.18. The lowest BCUT2D eigenvalue weighted by molar-refractivity contribution is -0.141. The minimum Gasteiger partial charge on any atom is -0.481 e. The number of carbonyl (C=O) groups excluding carboxylic acids is 1. The van der Waals surface area contributed by atoms with E-state index in [-0.39, 0.29) is 23.7 Å². The second-order valence-corrected chi connectivity index (χ2v) is 3.88. The molecular weight excluding hydrogens is 226 g/mol. The zero-order chi connectivity index (χ0) is 12.4. The molecule has 0 radical (unpaired) electrons. The van der Waals surface area contributed by atoms with Crippen LogP contribution in [-0.4, -0.2) is 45.2 Å². The average molecular weight is 237 g/mol. The largest absolute Gasteiger partial charge is 0.481 e. The molecule has 0 spiro atoms. The summed E-state index contributed by atoms with van der Waals surface area (Å²) >= 11 is 0. The number of aromatic amines is 1. The number of nitrogens with one attached hydrogen (secondary N) is 1.